The van der Waals surface area contributed by atoms with Crippen molar-refractivity contribution in [2.75, 3.05) is 25.3 Å². The number of esters is 1. The van der Waals surface area contributed by atoms with Crippen molar-refractivity contribution in [2.45, 2.75) is 24.5 Å². The molecule has 1 heterocycles. The first-order chi connectivity index (χ1) is 14.4. The maximum Gasteiger partial charge on any atom is 0.338 e. The number of hydrogen-bond acceptors (Lipinski definition) is 7. The number of benzene rings is 2. The van der Waals surface area contributed by atoms with Crippen LogP contribution in [0.3, 0.4) is 0 Å². The van der Waals surface area contributed by atoms with Crippen LogP contribution in [0.25, 0.3) is 0 Å². The summed E-state index contributed by atoms with van der Waals surface area (Å²) in [4.78, 5) is 37.1. The summed E-state index contributed by atoms with van der Waals surface area (Å²) in [6.45, 7) is 1.74. The Morgan fingerprint density at radius 3 is 2.63 bits per heavy atom. The van der Waals surface area contributed by atoms with E-state index < -0.39 is 18.0 Å². The summed E-state index contributed by atoms with van der Waals surface area (Å²) >= 11 is 1.40. The van der Waals surface area contributed by atoms with Gasteiger partial charge in [0, 0.05) is 11.4 Å². The molecule has 158 valence electrons. The monoisotopic (exact) mass is 430 g/mol. The normalized spacial score (nSPS) is 13.5. The van der Waals surface area contributed by atoms with Gasteiger partial charge in [0.05, 0.1) is 31.2 Å². The van der Waals surface area contributed by atoms with Gasteiger partial charge in [-0.15, -0.1) is 11.8 Å². The fourth-order valence-electron chi connectivity index (χ4n) is 2.82. The second-order valence-electron chi connectivity index (χ2n) is 6.50. The molecule has 0 aliphatic carbocycles. The molecule has 1 aliphatic heterocycles. The summed E-state index contributed by atoms with van der Waals surface area (Å²) in [5, 5.41) is 5.45. The van der Waals surface area contributed by atoms with Crippen molar-refractivity contribution in [3.8, 4) is 11.5 Å². The smallest absolute Gasteiger partial charge is 0.338 e. The highest BCUT2D eigenvalue weighted by Crippen LogP contribution is 2.32. The summed E-state index contributed by atoms with van der Waals surface area (Å²) in [7, 11) is 3.08. The SMILES string of the molecule is COc1ccc(CNC(=O)C(C)OC(=O)c2ccc3c(c2)NC(=O)CS3)cc1OC. The van der Waals surface area contributed by atoms with E-state index in [1.807, 2.05) is 0 Å². The first-order valence-corrected chi connectivity index (χ1v) is 10.2. The van der Waals surface area contributed by atoms with Crippen LogP contribution in [0.2, 0.25) is 0 Å². The van der Waals surface area contributed by atoms with Crippen molar-refractivity contribution in [1.82, 2.24) is 5.32 Å². The number of ether oxygens (including phenoxy) is 3. The average Bonchev–Trinajstić information content (AvgIpc) is 2.76. The maximum absolute atomic E-state index is 12.4. The van der Waals surface area contributed by atoms with E-state index in [1.165, 1.54) is 25.8 Å². The van der Waals surface area contributed by atoms with Gasteiger partial charge >= 0.3 is 5.97 Å². The summed E-state index contributed by atoms with van der Waals surface area (Å²) in [6, 6.07) is 10.2. The molecule has 2 N–H and O–H groups in total. The van der Waals surface area contributed by atoms with Crippen LogP contribution in [-0.4, -0.2) is 43.9 Å². The van der Waals surface area contributed by atoms with Crippen LogP contribution in [-0.2, 0) is 20.9 Å². The van der Waals surface area contributed by atoms with Crippen molar-refractivity contribution in [1.29, 1.82) is 0 Å². The number of hydrogen-bond donors (Lipinski definition) is 2. The van der Waals surface area contributed by atoms with E-state index in [0.29, 0.717) is 22.9 Å². The van der Waals surface area contributed by atoms with Gasteiger partial charge in [0.1, 0.15) is 0 Å². The number of methoxy groups -OCH3 is 2. The Hall–Kier alpha value is -3.20. The molecule has 30 heavy (non-hydrogen) atoms. The third-order valence-electron chi connectivity index (χ3n) is 4.42. The molecular weight excluding hydrogens is 408 g/mol. The number of nitrogens with one attached hydrogen (secondary N) is 2. The van der Waals surface area contributed by atoms with E-state index >= 15 is 0 Å². The van der Waals surface area contributed by atoms with Gasteiger partial charge in [-0.2, -0.15) is 0 Å². The van der Waals surface area contributed by atoms with Crippen LogP contribution in [0, 0.1) is 0 Å². The summed E-state index contributed by atoms with van der Waals surface area (Å²) in [5.41, 5.74) is 1.63. The number of carbonyl (C=O) groups is 3. The molecule has 2 aromatic carbocycles. The van der Waals surface area contributed by atoms with Gasteiger partial charge in [-0.05, 0) is 42.8 Å². The van der Waals surface area contributed by atoms with Gasteiger partial charge in [-0.25, -0.2) is 4.79 Å². The predicted octanol–water partition coefficient (Wildman–Crippen LogP) is 2.61. The molecule has 0 aromatic heterocycles. The zero-order chi connectivity index (χ0) is 21.7. The van der Waals surface area contributed by atoms with Gasteiger partial charge in [-0.1, -0.05) is 6.07 Å². The van der Waals surface area contributed by atoms with Crippen LogP contribution >= 0.6 is 11.8 Å². The number of carbonyl (C=O) groups excluding carboxylic acids is 3. The van der Waals surface area contributed by atoms with Crippen LogP contribution in [0.4, 0.5) is 5.69 Å². The van der Waals surface area contributed by atoms with Crippen LogP contribution in [0.5, 0.6) is 11.5 Å². The van der Waals surface area contributed by atoms with Crippen molar-refractivity contribution in [3.63, 3.8) is 0 Å². The minimum Gasteiger partial charge on any atom is -0.493 e. The Balaban J connectivity index is 1.57. The van der Waals surface area contributed by atoms with Gasteiger partial charge < -0.3 is 24.8 Å². The largest absolute Gasteiger partial charge is 0.493 e. The lowest BCUT2D eigenvalue weighted by Gasteiger charge is -2.18. The number of fused-ring (bicyclic) bond motifs is 1. The second-order valence-corrected chi connectivity index (χ2v) is 7.52. The van der Waals surface area contributed by atoms with E-state index in [0.717, 1.165) is 10.5 Å². The summed E-state index contributed by atoms with van der Waals surface area (Å²) in [6.07, 6.45) is -0.988. The third-order valence-corrected chi connectivity index (χ3v) is 5.49. The van der Waals surface area contributed by atoms with Gasteiger partial charge in [0.2, 0.25) is 5.91 Å². The highest BCUT2D eigenvalue weighted by atomic mass is 32.2. The molecule has 3 rings (SSSR count). The average molecular weight is 430 g/mol. The lowest BCUT2D eigenvalue weighted by molar-refractivity contribution is -0.129. The molecular formula is C21H22N2O6S. The fourth-order valence-corrected chi connectivity index (χ4v) is 3.60. The Morgan fingerprint density at radius 2 is 1.90 bits per heavy atom. The zero-order valence-corrected chi connectivity index (χ0v) is 17.6. The number of anilines is 1. The molecule has 0 bridgehead atoms. The summed E-state index contributed by atoms with van der Waals surface area (Å²) < 4.78 is 15.7. The van der Waals surface area contributed by atoms with Crippen LogP contribution in [0.1, 0.15) is 22.8 Å². The van der Waals surface area contributed by atoms with Crippen molar-refractivity contribution >= 4 is 35.2 Å². The molecule has 1 aliphatic rings. The minimum absolute atomic E-state index is 0.124. The summed E-state index contributed by atoms with van der Waals surface area (Å²) in [5.74, 6) is 0.293. The molecule has 2 amide bonds. The Morgan fingerprint density at radius 1 is 1.13 bits per heavy atom. The first kappa shape index (κ1) is 21.5. The lowest BCUT2D eigenvalue weighted by Crippen LogP contribution is -2.35. The topological polar surface area (TPSA) is 103 Å². The number of rotatable bonds is 7. The maximum atomic E-state index is 12.4. The standard InChI is InChI=1S/C21H22N2O6S/c1-12(20(25)22-10-13-4-6-16(27-2)17(8-13)28-3)29-21(26)14-5-7-18-15(9-14)23-19(24)11-30-18/h4-9,12H,10-11H2,1-3H3,(H,22,25)(H,23,24). The van der Waals surface area contributed by atoms with Gasteiger partial charge in [0.15, 0.2) is 17.6 Å². The van der Waals surface area contributed by atoms with Gasteiger partial charge in [0.25, 0.3) is 5.91 Å². The molecule has 0 saturated carbocycles. The first-order valence-electron chi connectivity index (χ1n) is 9.17. The molecule has 8 nitrogen and oxygen atoms in total. The Labute approximate surface area is 178 Å². The molecule has 0 radical (unpaired) electrons. The predicted molar refractivity (Wildman–Crippen MR) is 112 cm³/mol. The molecule has 1 atom stereocenters. The lowest BCUT2D eigenvalue weighted by atomic mass is 10.2. The Kier molecular flexibility index (Phi) is 6.83. The fraction of sp³-hybridized carbons (Fsp3) is 0.286. The number of thioether (sulfide) groups is 1. The molecule has 0 fully saturated rings. The molecule has 0 spiro atoms. The van der Waals surface area contributed by atoms with E-state index in [2.05, 4.69) is 10.6 Å². The minimum atomic E-state index is -0.988. The quantitative estimate of drug-likeness (QED) is 0.651. The van der Waals surface area contributed by atoms with Crippen molar-refractivity contribution in [3.05, 3.63) is 47.5 Å². The van der Waals surface area contributed by atoms with Crippen LogP contribution < -0.4 is 20.1 Å². The second kappa shape index (κ2) is 9.53. The van der Waals surface area contributed by atoms with E-state index in [9.17, 15) is 14.4 Å². The molecule has 9 heteroatoms. The highest BCUT2D eigenvalue weighted by Gasteiger charge is 2.21. The zero-order valence-electron chi connectivity index (χ0n) is 16.8. The van der Waals surface area contributed by atoms with Crippen LogP contribution in [0.15, 0.2) is 41.3 Å². The third kappa shape index (κ3) is 5.04. The van der Waals surface area contributed by atoms with E-state index in [-0.39, 0.29) is 18.0 Å². The van der Waals surface area contributed by atoms with Gasteiger partial charge in [-0.3, -0.25) is 9.59 Å². The number of amides is 2. The molecule has 2 aromatic rings. The Bertz CT molecular complexity index is 978. The van der Waals surface area contributed by atoms with Crippen molar-refractivity contribution in [2.24, 2.45) is 0 Å². The molecule has 0 saturated heterocycles. The van der Waals surface area contributed by atoms with Crippen molar-refractivity contribution < 1.29 is 28.6 Å². The molecule has 1 unspecified atom stereocenters. The highest BCUT2D eigenvalue weighted by molar-refractivity contribution is 8.00. The van der Waals surface area contributed by atoms with E-state index in [1.54, 1.807) is 43.5 Å². The van der Waals surface area contributed by atoms with E-state index in [4.69, 9.17) is 14.2 Å².